The van der Waals surface area contributed by atoms with Crippen molar-refractivity contribution in [3.8, 4) is 5.69 Å². The third-order valence-corrected chi connectivity index (χ3v) is 4.65. The zero-order valence-corrected chi connectivity index (χ0v) is 14.1. The van der Waals surface area contributed by atoms with E-state index >= 15 is 0 Å². The lowest BCUT2D eigenvalue weighted by Gasteiger charge is -2.25. The van der Waals surface area contributed by atoms with Crippen LogP contribution in [0.2, 0.25) is 0 Å². The molecule has 1 N–H and O–H groups in total. The molecule has 2 heterocycles. The highest BCUT2D eigenvalue weighted by Gasteiger charge is 2.30. The summed E-state index contributed by atoms with van der Waals surface area (Å²) in [7, 11) is 1.82. The molecule has 1 atom stereocenters. The molecular formula is C18H20N6O. The monoisotopic (exact) mass is 336 g/mol. The number of rotatable bonds is 4. The molecule has 1 amide bonds. The van der Waals surface area contributed by atoms with Crippen LogP contribution in [0, 0.1) is 0 Å². The van der Waals surface area contributed by atoms with Gasteiger partial charge in [-0.05, 0) is 31.4 Å². The molecule has 0 fully saturated rings. The number of hydrogen-bond acceptors (Lipinski definition) is 4. The molecule has 0 radical (unpaired) electrons. The van der Waals surface area contributed by atoms with Crippen molar-refractivity contribution < 1.29 is 4.79 Å². The smallest absolute Gasteiger partial charge is 0.230 e. The molecule has 4 rings (SSSR count). The molecule has 0 saturated heterocycles. The lowest BCUT2D eigenvalue weighted by molar-refractivity contribution is -0.132. The van der Waals surface area contributed by atoms with Crippen LogP contribution in [-0.4, -0.2) is 43.0 Å². The van der Waals surface area contributed by atoms with Crippen LogP contribution in [-0.2, 0) is 17.8 Å². The van der Waals surface area contributed by atoms with Crippen molar-refractivity contribution in [2.24, 2.45) is 0 Å². The number of nitrogens with one attached hydrogen (secondary N) is 1. The van der Waals surface area contributed by atoms with E-state index in [4.69, 9.17) is 0 Å². The summed E-state index contributed by atoms with van der Waals surface area (Å²) in [6.07, 6.45) is 6.34. The molecule has 25 heavy (non-hydrogen) atoms. The van der Waals surface area contributed by atoms with E-state index in [-0.39, 0.29) is 11.8 Å². The molecule has 7 heteroatoms. The van der Waals surface area contributed by atoms with Crippen molar-refractivity contribution in [3.05, 3.63) is 59.7 Å². The van der Waals surface area contributed by atoms with E-state index in [2.05, 4.69) is 20.4 Å². The molecule has 1 unspecified atom stereocenters. The second kappa shape index (κ2) is 6.51. The number of likely N-dealkylation sites (N-methyl/N-ethyl adjacent to an activating group) is 1. The minimum atomic E-state index is -0.114. The van der Waals surface area contributed by atoms with Crippen LogP contribution < -0.4 is 0 Å². The number of aromatic amines is 1. The summed E-state index contributed by atoms with van der Waals surface area (Å²) in [5.41, 5.74) is 3.80. The van der Waals surface area contributed by atoms with Crippen molar-refractivity contribution in [1.29, 1.82) is 0 Å². The molecule has 2 aromatic heterocycles. The second-order valence-electron chi connectivity index (χ2n) is 6.40. The van der Waals surface area contributed by atoms with Crippen LogP contribution >= 0.6 is 0 Å². The first kappa shape index (κ1) is 15.6. The first-order valence-electron chi connectivity index (χ1n) is 8.46. The molecular weight excluding hydrogens is 316 g/mol. The Morgan fingerprint density at radius 1 is 1.32 bits per heavy atom. The molecule has 7 nitrogen and oxygen atoms in total. The van der Waals surface area contributed by atoms with Gasteiger partial charge in [-0.15, -0.1) is 0 Å². The van der Waals surface area contributed by atoms with Gasteiger partial charge < -0.3 is 4.90 Å². The van der Waals surface area contributed by atoms with Crippen LogP contribution in [0.15, 0.2) is 42.7 Å². The largest absolute Gasteiger partial charge is 0.339 e. The summed E-state index contributed by atoms with van der Waals surface area (Å²) in [6, 6.07) is 9.73. The maximum absolute atomic E-state index is 12.9. The Kier molecular flexibility index (Phi) is 4.05. The van der Waals surface area contributed by atoms with Gasteiger partial charge in [0.25, 0.3) is 0 Å². The van der Waals surface area contributed by atoms with Crippen LogP contribution in [0.3, 0.4) is 0 Å². The van der Waals surface area contributed by atoms with Crippen LogP contribution in [0.25, 0.3) is 5.69 Å². The van der Waals surface area contributed by atoms with Crippen molar-refractivity contribution in [2.45, 2.75) is 31.7 Å². The van der Waals surface area contributed by atoms with E-state index in [1.165, 1.54) is 0 Å². The highest BCUT2D eigenvalue weighted by Crippen LogP contribution is 2.31. The third-order valence-electron chi connectivity index (χ3n) is 4.65. The summed E-state index contributed by atoms with van der Waals surface area (Å²) in [5.74, 6) is -0.00622. The lowest BCUT2D eigenvalue weighted by Crippen LogP contribution is -2.33. The van der Waals surface area contributed by atoms with E-state index in [1.54, 1.807) is 22.1 Å². The van der Waals surface area contributed by atoms with Gasteiger partial charge in [0.15, 0.2) is 0 Å². The minimum absolute atomic E-state index is 0.108. The number of aromatic nitrogens is 5. The van der Waals surface area contributed by atoms with E-state index < -0.39 is 0 Å². The van der Waals surface area contributed by atoms with Gasteiger partial charge in [0.2, 0.25) is 5.91 Å². The number of hydrogen-bond donors (Lipinski definition) is 1. The number of para-hydroxylation sites is 1. The summed E-state index contributed by atoms with van der Waals surface area (Å²) in [5, 5.41) is 15.9. The molecule has 1 aromatic carbocycles. The topological polar surface area (TPSA) is 79.7 Å². The Morgan fingerprint density at radius 3 is 3.00 bits per heavy atom. The Hall–Kier alpha value is -2.96. The fourth-order valence-corrected chi connectivity index (χ4v) is 3.36. The number of nitrogens with zero attached hydrogens (tertiary/aromatic N) is 5. The van der Waals surface area contributed by atoms with Gasteiger partial charge in [0.1, 0.15) is 5.69 Å². The van der Waals surface area contributed by atoms with Crippen molar-refractivity contribution >= 4 is 5.91 Å². The van der Waals surface area contributed by atoms with Gasteiger partial charge in [-0.2, -0.15) is 20.1 Å². The zero-order valence-electron chi connectivity index (χ0n) is 14.1. The van der Waals surface area contributed by atoms with Crippen molar-refractivity contribution in [3.63, 3.8) is 0 Å². The average Bonchev–Trinajstić information content (AvgIpc) is 3.30. The lowest BCUT2D eigenvalue weighted by atomic mass is 9.86. The van der Waals surface area contributed by atoms with Gasteiger partial charge in [0.05, 0.1) is 30.5 Å². The predicted octanol–water partition coefficient (Wildman–Crippen LogP) is 2.07. The van der Waals surface area contributed by atoms with Crippen LogP contribution in [0.4, 0.5) is 0 Å². The summed E-state index contributed by atoms with van der Waals surface area (Å²) >= 11 is 0. The van der Waals surface area contributed by atoms with Gasteiger partial charge in [-0.25, -0.2) is 0 Å². The normalized spacial score (nSPS) is 16.4. The van der Waals surface area contributed by atoms with Crippen molar-refractivity contribution in [2.75, 3.05) is 7.05 Å². The Bertz CT molecular complexity index is 869. The average molecular weight is 336 g/mol. The summed E-state index contributed by atoms with van der Waals surface area (Å²) < 4.78 is 0. The highest BCUT2D eigenvalue weighted by molar-refractivity contribution is 5.84. The molecule has 0 bridgehead atoms. The number of H-pyrrole nitrogens is 1. The molecule has 3 aromatic rings. The highest BCUT2D eigenvalue weighted by atomic mass is 16.2. The maximum Gasteiger partial charge on any atom is 0.230 e. The number of amides is 1. The molecule has 0 aliphatic heterocycles. The number of benzene rings is 1. The fraction of sp³-hybridized carbons (Fsp3) is 0.333. The van der Waals surface area contributed by atoms with E-state index in [9.17, 15) is 4.79 Å². The number of carbonyl (C=O) groups excluding carboxylic acids is 1. The third kappa shape index (κ3) is 3.05. The van der Waals surface area contributed by atoms with E-state index in [0.29, 0.717) is 6.54 Å². The quantitative estimate of drug-likeness (QED) is 0.791. The Morgan fingerprint density at radius 2 is 2.16 bits per heavy atom. The summed E-state index contributed by atoms with van der Waals surface area (Å²) in [6.45, 7) is 0.440. The Labute approximate surface area is 145 Å². The van der Waals surface area contributed by atoms with Gasteiger partial charge in [-0.1, -0.05) is 18.2 Å². The fourth-order valence-electron chi connectivity index (χ4n) is 3.36. The molecule has 0 saturated carbocycles. The summed E-state index contributed by atoms with van der Waals surface area (Å²) in [4.78, 5) is 16.2. The standard InChI is InChI=1S/C18H20N6O/c1-23(18(25)15-8-5-9-17-16(15)11-19-21-17)12-13-10-20-24(22-13)14-6-3-2-4-7-14/h2-4,6-7,10-11,15H,5,8-9,12H2,1H3,(H,19,21). The number of aryl methyl sites for hydroxylation is 1. The van der Waals surface area contributed by atoms with Gasteiger partial charge in [-0.3, -0.25) is 9.89 Å². The predicted molar refractivity (Wildman–Crippen MR) is 92.1 cm³/mol. The SMILES string of the molecule is CN(Cc1cnn(-c2ccccc2)n1)C(=O)C1CCCc2[nH]ncc21. The van der Waals surface area contributed by atoms with Crippen LogP contribution in [0.5, 0.6) is 0 Å². The van der Waals surface area contributed by atoms with Gasteiger partial charge >= 0.3 is 0 Å². The van der Waals surface area contributed by atoms with Gasteiger partial charge in [0, 0.05) is 18.3 Å². The molecule has 0 spiro atoms. The molecule has 128 valence electrons. The Balaban J connectivity index is 1.47. The minimum Gasteiger partial charge on any atom is -0.339 e. The van der Waals surface area contributed by atoms with Crippen molar-refractivity contribution in [1.82, 2.24) is 30.1 Å². The van der Waals surface area contributed by atoms with Crippen LogP contribution in [0.1, 0.15) is 35.7 Å². The maximum atomic E-state index is 12.9. The van der Waals surface area contributed by atoms with E-state index in [1.807, 2.05) is 37.4 Å². The number of carbonyl (C=O) groups is 1. The molecule has 1 aliphatic rings. The first-order chi connectivity index (χ1) is 12.2. The first-order valence-corrected chi connectivity index (χ1v) is 8.46. The van der Waals surface area contributed by atoms with E-state index in [0.717, 1.165) is 41.9 Å². The zero-order chi connectivity index (χ0) is 17.2. The molecule has 1 aliphatic carbocycles. The number of fused-ring (bicyclic) bond motifs is 1. The second-order valence-corrected chi connectivity index (χ2v) is 6.40.